The van der Waals surface area contributed by atoms with E-state index < -0.39 is 0 Å². The lowest BCUT2D eigenvalue weighted by Crippen LogP contribution is -2.47. The average molecular weight is 410 g/mol. The predicted molar refractivity (Wildman–Crippen MR) is 112 cm³/mol. The molecule has 3 heterocycles. The highest BCUT2D eigenvalue weighted by atomic mass is 16.3. The number of hydrogen-bond donors (Lipinski definition) is 1. The van der Waals surface area contributed by atoms with Gasteiger partial charge in [-0.1, -0.05) is 19.1 Å². The number of imidazole rings is 1. The van der Waals surface area contributed by atoms with Crippen LogP contribution in [0.3, 0.4) is 0 Å². The molecular weight excluding hydrogens is 384 g/mol. The molecule has 2 aromatic heterocycles. The quantitative estimate of drug-likeness (QED) is 0.675. The van der Waals surface area contributed by atoms with E-state index in [1.54, 1.807) is 21.6 Å². The highest BCUT2D eigenvalue weighted by Crippen LogP contribution is 2.16. The fourth-order valence-electron chi connectivity index (χ4n) is 4.06. The number of fused-ring (bicyclic) bond motifs is 1. The molecule has 2 amide bonds. The van der Waals surface area contributed by atoms with E-state index in [0.29, 0.717) is 38.2 Å². The first-order chi connectivity index (χ1) is 14.6. The predicted octanol–water partition coefficient (Wildman–Crippen LogP) is 2.23. The van der Waals surface area contributed by atoms with Gasteiger partial charge in [0.1, 0.15) is 6.54 Å². The Bertz CT molecular complexity index is 1090. The van der Waals surface area contributed by atoms with Crippen molar-refractivity contribution in [2.75, 3.05) is 13.1 Å². The van der Waals surface area contributed by atoms with E-state index in [4.69, 9.17) is 4.42 Å². The minimum atomic E-state index is -0.188. The fraction of sp³-hybridized carbons (Fsp3) is 0.409. The van der Waals surface area contributed by atoms with Gasteiger partial charge in [0.05, 0.1) is 17.3 Å². The van der Waals surface area contributed by atoms with Crippen molar-refractivity contribution in [2.45, 2.75) is 45.3 Å². The molecule has 1 saturated heterocycles. The first-order valence-corrected chi connectivity index (χ1v) is 10.4. The van der Waals surface area contributed by atoms with Crippen LogP contribution in [-0.4, -0.2) is 45.0 Å². The lowest BCUT2D eigenvalue weighted by atomic mass is 10.0. The van der Waals surface area contributed by atoms with E-state index in [-0.39, 0.29) is 30.1 Å². The van der Waals surface area contributed by atoms with E-state index in [9.17, 15) is 14.4 Å². The molecule has 1 aliphatic heterocycles. The summed E-state index contributed by atoms with van der Waals surface area (Å²) in [6, 6.07) is 10.9. The number of piperidine rings is 1. The number of para-hydroxylation sites is 2. The molecule has 1 aliphatic rings. The van der Waals surface area contributed by atoms with Crippen molar-refractivity contribution < 1.29 is 14.0 Å². The molecule has 1 aromatic carbocycles. The summed E-state index contributed by atoms with van der Waals surface area (Å²) < 4.78 is 8.44. The van der Waals surface area contributed by atoms with Gasteiger partial charge in [-0.15, -0.1) is 0 Å². The zero-order valence-electron chi connectivity index (χ0n) is 17.0. The van der Waals surface area contributed by atoms with Gasteiger partial charge in [0.15, 0.2) is 5.76 Å². The number of rotatable bonds is 6. The zero-order valence-corrected chi connectivity index (χ0v) is 17.0. The summed E-state index contributed by atoms with van der Waals surface area (Å²) in [6.45, 7) is 3.74. The van der Waals surface area contributed by atoms with E-state index in [2.05, 4.69) is 5.32 Å². The number of aromatic nitrogens is 2. The van der Waals surface area contributed by atoms with Gasteiger partial charge < -0.3 is 14.6 Å². The Morgan fingerprint density at radius 3 is 2.40 bits per heavy atom. The topological polar surface area (TPSA) is 89.5 Å². The molecule has 0 saturated carbocycles. The van der Waals surface area contributed by atoms with Gasteiger partial charge in [0.2, 0.25) is 5.91 Å². The maximum absolute atomic E-state index is 12.8. The number of carbonyl (C=O) groups is 2. The summed E-state index contributed by atoms with van der Waals surface area (Å²) in [5.41, 5.74) is 1.46. The molecule has 0 unspecified atom stereocenters. The lowest BCUT2D eigenvalue weighted by Gasteiger charge is -2.31. The maximum atomic E-state index is 12.8. The van der Waals surface area contributed by atoms with E-state index in [0.717, 1.165) is 17.5 Å². The van der Waals surface area contributed by atoms with E-state index >= 15 is 0 Å². The minimum Gasteiger partial charge on any atom is -0.459 e. The monoisotopic (exact) mass is 410 g/mol. The Morgan fingerprint density at radius 1 is 1.07 bits per heavy atom. The highest BCUT2D eigenvalue weighted by Gasteiger charge is 2.26. The molecular formula is C22H26N4O4. The van der Waals surface area contributed by atoms with Crippen molar-refractivity contribution in [3.05, 3.63) is 58.9 Å². The zero-order chi connectivity index (χ0) is 21.1. The first kappa shape index (κ1) is 20.0. The van der Waals surface area contributed by atoms with E-state index in [1.165, 1.54) is 10.8 Å². The summed E-state index contributed by atoms with van der Waals surface area (Å²) >= 11 is 0. The van der Waals surface area contributed by atoms with Gasteiger partial charge >= 0.3 is 5.69 Å². The van der Waals surface area contributed by atoms with Crippen LogP contribution in [0.15, 0.2) is 51.9 Å². The number of amides is 2. The highest BCUT2D eigenvalue weighted by molar-refractivity contribution is 5.91. The smallest absolute Gasteiger partial charge is 0.329 e. The summed E-state index contributed by atoms with van der Waals surface area (Å²) in [5.74, 6) is 0.0210. The maximum Gasteiger partial charge on any atom is 0.329 e. The third-order valence-corrected chi connectivity index (χ3v) is 5.55. The summed E-state index contributed by atoms with van der Waals surface area (Å²) in [5, 5.41) is 3.03. The molecule has 8 heteroatoms. The standard InChI is InChI=1S/C22H26N4O4/c1-2-11-25-17-6-3-4-7-18(17)26(22(25)29)15-20(27)23-16-9-12-24(13-10-16)21(28)19-8-5-14-30-19/h3-8,14,16H,2,9-13,15H2,1H3,(H,23,27). The average Bonchev–Trinajstić information content (AvgIpc) is 3.38. The molecule has 0 bridgehead atoms. The Labute approximate surface area is 174 Å². The molecule has 0 spiro atoms. The number of nitrogens with one attached hydrogen (secondary N) is 1. The van der Waals surface area contributed by atoms with Crippen molar-refractivity contribution in [2.24, 2.45) is 0 Å². The summed E-state index contributed by atoms with van der Waals surface area (Å²) in [7, 11) is 0. The molecule has 158 valence electrons. The van der Waals surface area contributed by atoms with Gasteiger partial charge in [0, 0.05) is 25.7 Å². The Balaban J connectivity index is 1.39. The molecule has 3 aromatic rings. The lowest BCUT2D eigenvalue weighted by molar-refractivity contribution is -0.122. The third-order valence-electron chi connectivity index (χ3n) is 5.55. The molecule has 0 radical (unpaired) electrons. The Hall–Kier alpha value is -3.29. The Kier molecular flexibility index (Phi) is 5.74. The van der Waals surface area contributed by atoms with Crippen molar-refractivity contribution >= 4 is 22.8 Å². The number of nitrogens with zero attached hydrogens (tertiary/aromatic N) is 3. The first-order valence-electron chi connectivity index (χ1n) is 10.4. The van der Waals surface area contributed by atoms with Crippen LogP contribution in [0.25, 0.3) is 11.0 Å². The number of hydrogen-bond acceptors (Lipinski definition) is 4. The SMILES string of the molecule is CCCn1c(=O)n(CC(=O)NC2CCN(C(=O)c3ccco3)CC2)c2ccccc21. The number of aryl methyl sites for hydroxylation is 1. The number of carbonyl (C=O) groups excluding carboxylic acids is 2. The number of likely N-dealkylation sites (tertiary alicyclic amines) is 1. The van der Waals surface area contributed by atoms with Crippen LogP contribution >= 0.6 is 0 Å². The molecule has 1 fully saturated rings. The van der Waals surface area contributed by atoms with Gasteiger partial charge in [-0.25, -0.2) is 4.79 Å². The molecule has 30 heavy (non-hydrogen) atoms. The minimum absolute atomic E-state index is 0.0123. The molecule has 8 nitrogen and oxygen atoms in total. The second kappa shape index (κ2) is 8.61. The van der Waals surface area contributed by atoms with Crippen LogP contribution in [0.4, 0.5) is 0 Å². The van der Waals surface area contributed by atoms with Crippen molar-refractivity contribution in [3.63, 3.8) is 0 Å². The van der Waals surface area contributed by atoms with Gasteiger partial charge in [-0.05, 0) is 43.5 Å². The Morgan fingerprint density at radius 2 is 1.77 bits per heavy atom. The fourth-order valence-corrected chi connectivity index (χ4v) is 4.06. The van der Waals surface area contributed by atoms with Crippen LogP contribution in [-0.2, 0) is 17.9 Å². The molecule has 1 N–H and O–H groups in total. The van der Waals surface area contributed by atoms with E-state index in [1.807, 2.05) is 31.2 Å². The van der Waals surface area contributed by atoms with Crippen molar-refractivity contribution in [1.82, 2.24) is 19.4 Å². The van der Waals surface area contributed by atoms with Crippen LogP contribution < -0.4 is 11.0 Å². The van der Waals surface area contributed by atoms with Crippen LogP contribution in [0, 0.1) is 0 Å². The van der Waals surface area contributed by atoms with Crippen molar-refractivity contribution in [3.8, 4) is 0 Å². The number of benzene rings is 1. The summed E-state index contributed by atoms with van der Waals surface area (Å²) in [4.78, 5) is 39.6. The largest absolute Gasteiger partial charge is 0.459 e. The van der Waals surface area contributed by atoms with Crippen LogP contribution in [0.5, 0.6) is 0 Å². The molecule has 0 atom stereocenters. The van der Waals surface area contributed by atoms with Crippen LogP contribution in [0.1, 0.15) is 36.7 Å². The number of furan rings is 1. The second-order valence-corrected chi connectivity index (χ2v) is 7.62. The van der Waals surface area contributed by atoms with Crippen LogP contribution in [0.2, 0.25) is 0 Å². The normalized spacial score (nSPS) is 14.9. The third kappa shape index (κ3) is 3.90. The molecule has 4 rings (SSSR count). The summed E-state index contributed by atoms with van der Waals surface area (Å²) in [6.07, 6.45) is 3.67. The molecule has 0 aliphatic carbocycles. The van der Waals surface area contributed by atoms with Gasteiger partial charge in [-0.3, -0.25) is 18.7 Å². The second-order valence-electron chi connectivity index (χ2n) is 7.62. The van der Waals surface area contributed by atoms with Gasteiger partial charge in [-0.2, -0.15) is 0 Å². The van der Waals surface area contributed by atoms with Gasteiger partial charge in [0.25, 0.3) is 5.91 Å². The van der Waals surface area contributed by atoms with Crippen molar-refractivity contribution in [1.29, 1.82) is 0 Å².